The summed E-state index contributed by atoms with van der Waals surface area (Å²) in [5, 5.41) is 0. The van der Waals surface area contributed by atoms with E-state index >= 15 is 0 Å². The molecule has 0 fully saturated rings. The van der Waals surface area contributed by atoms with Crippen molar-refractivity contribution in [3.63, 3.8) is 0 Å². The lowest BCUT2D eigenvalue weighted by Gasteiger charge is -2.08. The molecule has 0 saturated carbocycles. The second kappa shape index (κ2) is 9.92. The molecular formula is C24H15N3O6. The van der Waals surface area contributed by atoms with E-state index in [9.17, 15) is 14.4 Å². The molecule has 33 heavy (non-hydrogen) atoms. The number of benzene rings is 3. The average Bonchev–Trinajstić information content (AvgIpc) is 2.85. The topological polar surface area (TPSA) is 118 Å². The summed E-state index contributed by atoms with van der Waals surface area (Å²) >= 11 is 0. The number of para-hydroxylation sites is 3. The molecule has 9 nitrogen and oxygen atoms in total. The van der Waals surface area contributed by atoms with Gasteiger partial charge in [-0.15, -0.1) is 0 Å². The molecule has 0 bridgehead atoms. The maximum atomic E-state index is 12.6. The number of hydrogen-bond donors (Lipinski definition) is 0. The van der Waals surface area contributed by atoms with Crippen LogP contribution in [0.4, 0.5) is 0 Å². The van der Waals surface area contributed by atoms with Gasteiger partial charge in [0, 0.05) is 0 Å². The molecule has 0 amide bonds. The lowest BCUT2D eigenvalue weighted by atomic mass is 10.3. The van der Waals surface area contributed by atoms with Gasteiger partial charge >= 0.3 is 17.9 Å². The molecule has 1 heterocycles. The van der Waals surface area contributed by atoms with Crippen LogP contribution in [0.5, 0.6) is 17.2 Å². The third-order valence-corrected chi connectivity index (χ3v) is 4.04. The Morgan fingerprint density at radius 1 is 0.424 bits per heavy atom. The largest absolute Gasteiger partial charge is 0.421 e. The van der Waals surface area contributed by atoms with Crippen LogP contribution in [-0.4, -0.2) is 32.9 Å². The molecule has 0 radical (unpaired) electrons. The molecule has 0 aliphatic heterocycles. The maximum absolute atomic E-state index is 12.6. The fourth-order valence-corrected chi connectivity index (χ4v) is 2.57. The van der Waals surface area contributed by atoms with E-state index in [0.717, 1.165) is 0 Å². The van der Waals surface area contributed by atoms with Crippen LogP contribution in [0.1, 0.15) is 31.9 Å². The fourth-order valence-electron chi connectivity index (χ4n) is 2.57. The Kier molecular flexibility index (Phi) is 6.41. The summed E-state index contributed by atoms with van der Waals surface area (Å²) < 4.78 is 15.6. The number of esters is 3. The molecule has 9 heteroatoms. The fraction of sp³-hybridized carbons (Fsp3) is 0. The number of hydrogen-bond acceptors (Lipinski definition) is 9. The third kappa shape index (κ3) is 5.61. The van der Waals surface area contributed by atoms with Crippen molar-refractivity contribution in [2.45, 2.75) is 0 Å². The zero-order valence-electron chi connectivity index (χ0n) is 17.0. The Balaban J connectivity index is 1.65. The highest BCUT2D eigenvalue weighted by atomic mass is 16.5. The molecular weight excluding hydrogens is 426 g/mol. The first-order valence-electron chi connectivity index (χ1n) is 9.66. The summed E-state index contributed by atoms with van der Waals surface area (Å²) in [5.74, 6) is -3.99. The van der Waals surface area contributed by atoms with E-state index in [4.69, 9.17) is 14.2 Å². The molecule has 0 atom stereocenters. The van der Waals surface area contributed by atoms with E-state index in [-0.39, 0.29) is 17.2 Å². The van der Waals surface area contributed by atoms with Crippen molar-refractivity contribution in [1.82, 2.24) is 15.0 Å². The Morgan fingerprint density at radius 3 is 0.909 bits per heavy atom. The molecule has 0 unspecified atom stereocenters. The van der Waals surface area contributed by atoms with Crippen LogP contribution < -0.4 is 14.2 Å². The number of carbonyl (C=O) groups excluding carboxylic acids is 3. The second-order valence-electron chi connectivity index (χ2n) is 6.41. The molecule has 1 aromatic heterocycles. The summed E-state index contributed by atoms with van der Waals surface area (Å²) in [5.41, 5.74) is 0. The van der Waals surface area contributed by atoms with Gasteiger partial charge in [0.15, 0.2) is 0 Å². The van der Waals surface area contributed by atoms with E-state index in [1.807, 2.05) is 0 Å². The van der Waals surface area contributed by atoms with Gasteiger partial charge in [-0.05, 0) is 36.4 Å². The van der Waals surface area contributed by atoms with Crippen LogP contribution >= 0.6 is 0 Å². The minimum atomic E-state index is -0.994. The van der Waals surface area contributed by atoms with Crippen molar-refractivity contribution in [2.75, 3.05) is 0 Å². The van der Waals surface area contributed by atoms with Crippen LogP contribution in [0.3, 0.4) is 0 Å². The lowest BCUT2D eigenvalue weighted by molar-refractivity contribution is 0.0703. The summed E-state index contributed by atoms with van der Waals surface area (Å²) in [6.07, 6.45) is 0. The molecule has 0 aliphatic carbocycles. The van der Waals surface area contributed by atoms with Crippen molar-refractivity contribution in [3.8, 4) is 17.2 Å². The van der Waals surface area contributed by atoms with Crippen molar-refractivity contribution in [1.29, 1.82) is 0 Å². The second-order valence-corrected chi connectivity index (χ2v) is 6.41. The van der Waals surface area contributed by atoms with Gasteiger partial charge in [0.2, 0.25) is 17.5 Å². The van der Waals surface area contributed by atoms with Gasteiger partial charge < -0.3 is 14.2 Å². The minimum Gasteiger partial charge on any atom is -0.421 e. The van der Waals surface area contributed by atoms with E-state index in [0.29, 0.717) is 0 Å². The Bertz CT molecular complexity index is 1110. The third-order valence-electron chi connectivity index (χ3n) is 4.04. The minimum absolute atomic E-state index is 0.227. The Hall–Kier alpha value is -4.92. The molecule has 3 aromatic carbocycles. The molecule has 0 aliphatic rings. The highest BCUT2D eigenvalue weighted by molar-refractivity contribution is 5.94. The van der Waals surface area contributed by atoms with Gasteiger partial charge in [-0.3, -0.25) is 0 Å². The van der Waals surface area contributed by atoms with E-state index < -0.39 is 35.4 Å². The monoisotopic (exact) mass is 441 g/mol. The van der Waals surface area contributed by atoms with Gasteiger partial charge in [-0.2, -0.15) is 15.0 Å². The smallest absolute Gasteiger partial charge is 0.381 e. The maximum Gasteiger partial charge on any atom is 0.381 e. The number of nitrogens with zero attached hydrogens (tertiary/aromatic N) is 3. The van der Waals surface area contributed by atoms with Gasteiger partial charge in [0.05, 0.1) is 0 Å². The quantitative estimate of drug-likeness (QED) is 0.327. The van der Waals surface area contributed by atoms with Gasteiger partial charge in [0.1, 0.15) is 17.2 Å². The van der Waals surface area contributed by atoms with Crippen molar-refractivity contribution < 1.29 is 28.6 Å². The zero-order valence-corrected chi connectivity index (χ0v) is 17.0. The van der Waals surface area contributed by atoms with E-state index in [2.05, 4.69) is 15.0 Å². The molecule has 162 valence electrons. The highest BCUT2D eigenvalue weighted by Crippen LogP contribution is 2.14. The normalized spacial score (nSPS) is 10.2. The lowest BCUT2D eigenvalue weighted by Crippen LogP contribution is -2.24. The van der Waals surface area contributed by atoms with E-state index in [1.165, 1.54) is 0 Å². The summed E-state index contributed by atoms with van der Waals surface area (Å²) in [7, 11) is 0. The first-order chi connectivity index (χ1) is 16.1. The van der Waals surface area contributed by atoms with Crippen LogP contribution in [0.15, 0.2) is 91.0 Å². The Labute approximate surface area is 187 Å². The molecule has 0 saturated heterocycles. The number of rotatable bonds is 6. The average molecular weight is 441 g/mol. The summed E-state index contributed by atoms with van der Waals surface area (Å²) in [6.45, 7) is 0. The first-order valence-corrected chi connectivity index (χ1v) is 9.66. The van der Waals surface area contributed by atoms with Gasteiger partial charge in [-0.25, -0.2) is 14.4 Å². The van der Waals surface area contributed by atoms with Crippen molar-refractivity contribution >= 4 is 17.9 Å². The highest BCUT2D eigenvalue weighted by Gasteiger charge is 2.25. The molecule has 4 rings (SSSR count). The molecule has 4 aromatic rings. The number of carbonyl (C=O) groups is 3. The summed E-state index contributed by atoms with van der Waals surface area (Å²) in [4.78, 5) is 49.3. The zero-order chi connectivity index (χ0) is 23.0. The molecule has 0 spiro atoms. The predicted octanol–water partition coefficient (Wildman–Crippen LogP) is 3.53. The Morgan fingerprint density at radius 2 is 0.667 bits per heavy atom. The predicted molar refractivity (Wildman–Crippen MR) is 114 cm³/mol. The van der Waals surface area contributed by atoms with Crippen molar-refractivity contribution in [3.05, 3.63) is 108 Å². The van der Waals surface area contributed by atoms with Crippen LogP contribution in [-0.2, 0) is 0 Å². The van der Waals surface area contributed by atoms with Crippen LogP contribution in [0, 0.1) is 0 Å². The van der Waals surface area contributed by atoms with Crippen LogP contribution in [0.2, 0.25) is 0 Å². The molecule has 0 N–H and O–H groups in total. The van der Waals surface area contributed by atoms with E-state index in [1.54, 1.807) is 91.0 Å². The first kappa shape index (κ1) is 21.3. The van der Waals surface area contributed by atoms with Gasteiger partial charge in [0.25, 0.3) is 0 Å². The van der Waals surface area contributed by atoms with Gasteiger partial charge in [-0.1, -0.05) is 54.6 Å². The van der Waals surface area contributed by atoms with Crippen LogP contribution in [0.25, 0.3) is 0 Å². The van der Waals surface area contributed by atoms with Crippen molar-refractivity contribution in [2.24, 2.45) is 0 Å². The number of ether oxygens (including phenoxy) is 3. The number of aromatic nitrogens is 3. The standard InChI is InChI=1S/C24H15N3O6/c28-22(31-16-10-4-1-5-11-16)19-25-20(23(29)32-17-12-6-2-7-13-17)27-21(26-19)24(30)33-18-14-8-3-9-15-18/h1-15H. The SMILES string of the molecule is O=C(Oc1ccccc1)c1nc(C(=O)Oc2ccccc2)nc(C(=O)Oc2ccccc2)n1. The summed E-state index contributed by atoms with van der Waals surface area (Å²) in [6, 6.07) is 24.5.